The second-order valence-corrected chi connectivity index (χ2v) is 7.70. The molecule has 0 bridgehead atoms. The Balaban J connectivity index is 1.68. The Kier molecular flexibility index (Phi) is 4.95. The first kappa shape index (κ1) is 18.4. The molecule has 2 aromatic heterocycles. The van der Waals surface area contributed by atoms with Crippen molar-refractivity contribution in [3.05, 3.63) is 59.4 Å². The number of aromatic nitrogens is 2. The number of amides is 2. The number of benzene rings is 1. The summed E-state index contributed by atoms with van der Waals surface area (Å²) in [6.45, 7) is 0.935. The number of rotatable bonds is 4. The average Bonchev–Trinajstić information content (AvgIpc) is 3.38. The topological polar surface area (TPSA) is 81.2 Å². The molecule has 1 aliphatic heterocycles. The van der Waals surface area contributed by atoms with Crippen LogP contribution in [0.1, 0.15) is 23.3 Å². The zero-order valence-electron chi connectivity index (χ0n) is 15.0. The highest BCUT2D eigenvalue weighted by Gasteiger charge is 2.29. The van der Waals surface area contributed by atoms with Crippen molar-refractivity contribution in [1.29, 1.82) is 0 Å². The van der Waals surface area contributed by atoms with E-state index >= 15 is 0 Å². The normalized spacial score (nSPS) is 15.0. The second-order valence-electron chi connectivity index (χ2n) is 6.75. The van der Waals surface area contributed by atoms with Gasteiger partial charge in [-0.15, -0.1) is 11.3 Å². The summed E-state index contributed by atoms with van der Waals surface area (Å²) >= 11 is 1.53. The van der Waals surface area contributed by atoms with Crippen molar-refractivity contribution in [3.8, 4) is 16.3 Å². The van der Waals surface area contributed by atoms with Crippen LogP contribution in [0, 0.1) is 11.7 Å². The molecule has 1 aromatic carbocycles. The molecule has 6 nitrogen and oxygen atoms in total. The summed E-state index contributed by atoms with van der Waals surface area (Å²) in [5.41, 5.74) is 7.09. The molecule has 2 amide bonds. The molecule has 3 heterocycles. The third-order valence-corrected chi connectivity index (χ3v) is 5.85. The molecule has 0 aliphatic carbocycles. The van der Waals surface area contributed by atoms with Gasteiger partial charge in [-0.1, -0.05) is 6.07 Å². The molecule has 0 spiro atoms. The number of carbonyl (C=O) groups is 2. The van der Waals surface area contributed by atoms with Crippen LogP contribution in [-0.2, 0) is 4.79 Å². The Morgan fingerprint density at radius 2 is 1.86 bits per heavy atom. The Morgan fingerprint density at radius 3 is 2.46 bits per heavy atom. The molecule has 4 rings (SSSR count). The van der Waals surface area contributed by atoms with Crippen LogP contribution in [0.15, 0.2) is 47.8 Å². The minimum atomic E-state index is -0.351. The molecule has 0 atom stereocenters. The molecule has 8 heteroatoms. The first-order valence-electron chi connectivity index (χ1n) is 9.01. The predicted molar refractivity (Wildman–Crippen MR) is 105 cm³/mol. The van der Waals surface area contributed by atoms with E-state index in [0.29, 0.717) is 43.0 Å². The molecule has 28 heavy (non-hydrogen) atoms. The average molecular weight is 398 g/mol. The molecule has 1 saturated heterocycles. The number of hydrogen-bond donors (Lipinski definition) is 1. The molecule has 3 aromatic rings. The minimum absolute atomic E-state index is 0.164. The van der Waals surface area contributed by atoms with Crippen LogP contribution in [-0.4, -0.2) is 39.6 Å². The number of piperidine rings is 1. The van der Waals surface area contributed by atoms with Crippen molar-refractivity contribution in [2.75, 3.05) is 13.1 Å². The summed E-state index contributed by atoms with van der Waals surface area (Å²) in [5, 5.41) is 6.54. The van der Waals surface area contributed by atoms with Gasteiger partial charge in [-0.25, -0.2) is 9.07 Å². The maximum atomic E-state index is 13.3. The summed E-state index contributed by atoms with van der Waals surface area (Å²) in [4.78, 5) is 27.2. The van der Waals surface area contributed by atoms with Crippen LogP contribution in [0.2, 0.25) is 0 Å². The lowest BCUT2D eigenvalue weighted by molar-refractivity contribution is -0.123. The second kappa shape index (κ2) is 7.55. The number of primary amides is 1. The fraction of sp³-hybridized carbons (Fsp3) is 0.250. The van der Waals surface area contributed by atoms with Gasteiger partial charge in [-0.3, -0.25) is 9.59 Å². The third-order valence-electron chi connectivity index (χ3n) is 4.96. The van der Waals surface area contributed by atoms with Gasteiger partial charge < -0.3 is 10.6 Å². The van der Waals surface area contributed by atoms with Crippen LogP contribution in [0.4, 0.5) is 4.39 Å². The van der Waals surface area contributed by atoms with Crippen molar-refractivity contribution in [2.24, 2.45) is 11.7 Å². The number of thiophene rings is 1. The maximum Gasteiger partial charge on any atom is 0.272 e. The first-order chi connectivity index (χ1) is 13.5. The summed E-state index contributed by atoms with van der Waals surface area (Å²) in [5.74, 6) is -1.02. The number of hydrogen-bond acceptors (Lipinski definition) is 4. The maximum absolute atomic E-state index is 13.3. The zero-order chi connectivity index (χ0) is 19.7. The fourth-order valence-corrected chi connectivity index (χ4v) is 4.07. The Morgan fingerprint density at radius 1 is 1.14 bits per heavy atom. The van der Waals surface area contributed by atoms with E-state index in [1.165, 1.54) is 23.5 Å². The lowest BCUT2D eigenvalue weighted by Gasteiger charge is -2.30. The monoisotopic (exact) mass is 398 g/mol. The van der Waals surface area contributed by atoms with E-state index in [9.17, 15) is 14.0 Å². The van der Waals surface area contributed by atoms with Crippen LogP contribution in [0.25, 0.3) is 16.3 Å². The van der Waals surface area contributed by atoms with E-state index in [0.717, 1.165) is 4.88 Å². The first-order valence-corrected chi connectivity index (χ1v) is 9.89. The van der Waals surface area contributed by atoms with Gasteiger partial charge in [0, 0.05) is 19.0 Å². The molecule has 0 saturated carbocycles. The molecule has 144 valence electrons. The van der Waals surface area contributed by atoms with E-state index in [4.69, 9.17) is 5.73 Å². The molecular formula is C20H19FN4O2S. The van der Waals surface area contributed by atoms with Gasteiger partial charge in [0.2, 0.25) is 5.91 Å². The lowest BCUT2D eigenvalue weighted by Crippen LogP contribution is -2.42. The van der Waals surface area contributed by atoms with Crippen molar-refractivity contribution in [1.82, 2.24) is 14.7 Å². The van der Waals surface area contributed by atoms with Crippen LogP contribution in [0.5, 0.6) is 0 Å². The predicted octanol–water partition coefficient (Wildman–Crippen LogP) is 3.08. The van der Waals surface area contributed by atoms with Crippen molar-refractivity contribution in [3.63, 3.8) is 0 Å². The third kappa shape index (κ3) is 3.55. The van der Waals surface area contributed by atoms with Gasteiger partial charge in [-0.05, 0) is 54.6 Å². The summed E-state index contributed by atoms with van der Waals surface area (Å²) in [7, 11) is 0. The molecule has 1 aliphatic rings. The fourth-order valence-electron chi connectivity index (χ4n) is 3.39. The highest BCUT2D eigenvalue weighted by atomic mass is 32.1. The summed E-state index contributed by atoms with van der Waals surface area (Å²) in [6.07, 6.45) is 1.12. The van der Waals surface area contributed by atoms with Crippen molar-refractivity contribution < 1.29 is 14.0 Å². The molecule has 1 fully saturated rings. The highest BCUT2D eigenvalue weighted by molar-refractivity contribution is 7.13. The van der Waals surface area contributed by atoms with Crippen LogP contribution < -0.4 is 5.73 Å². The van der Waals surface area contributed by atoms with Gasteiger partial charge in [0.15, 0.2) is 0 Å². The summed E-state index contributed by atoms with van der Waals surface area (Å²) in [6, 6.07) is 11.5. The quantitative estimate of drug-likeness (QED) is 0.733. The lowest BCUT2D eigenvalue weighted by atomic mass is 9.96. The summed E-state index contributed by atoms with van der Waals surface area (Å²) < 4.78 is 14.9. The Labute approximate surface area is 165 Å². The van der Waals surface area contributed by atoms with Gasteiger partial charge in [0.05, 0.1) is 10.6 Å². The molecular weight excluding hydrogens is 379 g/mol. The van der Waals surface area contributed by atoms with Crippen LogP contribution >= 0.6 is 11.3 Å². The molecule has 0 radical (unpaired) electrons. The van der Waals surface area contributed by atoms with Gasteiger partial charge in [-0.2, -0.15) is 5.10 Å². The van der Waals surface area contributed by atoms with Gasteiger partial charge in [0.25, 0.3) is 5.91 Å². The number of likely N-dealkylation sites (tertiary alicyclic amines) is 1. The largest absolute Gasteiger partial charge is 0.369 e. The number of carbonyl (C=O) groups excluding carboxylic acids is 2. The smallest absolute Gasteiger partial charge is 0.272 e. The number of nitrogens with two attached hydrogens (primary N) is 1. The van der Waals surface area contributed by atoms with Gasteiger partial charge in [0.1, 0.15) is 17.2 Å². The van der Waals surface area contributed by atoms with Crippen LogP contribution in [0.3, 0.4) is 0 Å². The zero-order valence-corrected chi connectivity index (χ0v) is 15.9. The highest BCUT2D eigenvalue weighted by Crippen LogP contribution is 2.27. The van der Waals surface area contributed by atoms with E-state index in [1.54, 1.807) is 27.8 Å². The standard InChI is InChI=1S/C20H19FN4O2S/c21-14-3-5-15(6-4-14)25-17(12-16(23-25)18-2-1-11-28-18)20(27)24-9-7-13(8-10-24)19(22)26/h1-6,11-13H,7-10H2,(H2,22,26). The van der Waals surface area contributed by atoms with Crippen molar-refractivity contribution in [2.45, 2.75) is 12.8 Å². The van der Waals surface area contributed by atoms with E-state index in [-0.39, 0.29) is 23.5 Å². The Hall–Kier alpha value is -3.00. The molecule has 0 unspecified atom stereocenters. The number of halogens is 1. The van der Waals surface area contributed by atoms with Crippen molar-refractivity contribution >= 4 is 23.2 Å². The number of nitrogens with zero attached hydrogens (tertiary/aromatic N) is 3. The molecule has 2 N–H and O–H groups in total. The Bertz CT molecular complexity index is 990. The van der Waals surface area contributed by atoms with E-state index < -0.39 is 0 Å². The van der Waals surface area contributed by atoms with E-state index in [1.807, 2.05) is 17.5 Å². The van der Waals surface area contributed by atoms with E-state index in [2.05, 4.69) is 5.10 Å². The minimum Gasteiger partial charge on any atom is -0.369 e. The van der Waals surface area contributed by atoms with Gasteiger partial charge >= 0.3 is 0 Å². The SMILES string of the molecule is NC(=O)C1CCN(C(=O)c2cc(-c3cccs3)nn2-c2ccc(F)cc2)CC1.